The molecular weight excluding hydrogens is 512 g/mol. The first-order valence-electron chi connectivity index (χ1n) is 13.2. The van der Waals surface area contributed by atoms with Crippen LogP contribution in [0.1, 0.15) is 28.2 Å². The number of hydrogen-bond acceptors (Lipinski definition) is 7. The average molecular weight is 541 g/mol. The number of ether oxygens (including phenoxy) is 1. The molecule has 1 spiro atoms. The lowest BCUT2D eigenvalue weighted by molar-refractivity contribution is -0.131. The number of carbonyl (C=O) groups excluding carboxylic acids is 2. The second-order valence-electron chi connectivity index (χ2n) is 10.5. The van der Waals surface area contributed by atoms with Crippen molar-refractivity contribution in [3.05, 3.63) is 70.8 Å². The van der Waals surface area contributed by atoms with E-state index < -0.39 is 5.54 Å². The van der Waals surface area contributed by atoms with Gasteiger partial charge in [0.05, 0.1) is 18.3 Å². The van der Waals surface area contributed by atoms with Crippen molar-refractivity contribution >= 4 is 39.9 Å². The molecule has 3 aliphatic rings. The summed E-state index contributed by atoms with van der Waals surface area (Å²) in [5.41, 5.74) is 3.36. The molecule has 5 heterocycles. The number of aliphatic imine (C=N–C) groups is 1. The molecule has 2 atom stereocenters. The summed E-state index contributed by atoms with van der Waals surface area (Å²) in [4.78, 5) is 39.4. The molecule has 0 saturated carbocycles. The molecule has 10 heteroatoms. The van der Waals surface area contributed by atoms with Gasteiger partial charge in [-0.15, -0.1) is 11.3 Å². The number of nitrogens with zero attached hydrogens (tertiary/aromatic N) is 6. The molecule has 0 radical (unpaired) electrons. The Hall–Kier alpha value is -3.89. The highest BCUT2D eigenvalue weighted by atomic mass is 32.1. The zero-order chi connectivity index (χ0) is 26.6. The minimum absolute atomic E-state index is 0.00538. The Morgan fingerprint density at radius 1 is 1.15 bits per heavy atom. The van der Waals surface area contributed by atoms with Crippen LogP contribution in [-0.4, -0.2) is 80.6 Å². The van der Waals surface area contributed by atoms with Crippen molar-refractivity contribution < 1.29 is 14.3 Å². The Morgan fingerprint density at radius 2 is 1.97 bits per heavy atom. The highest BCUT2D eigenvalue weighted by Crippen LogP contribution is 2.35. The lowest BCUT2D eigenvalue weighted by Gasteiger charge is -2.25. The summed E-state index contributed by atoms with van der Waals surface area (Å²) in [6.07, 6.45) is 4.96. The molecule has 198 valence electrons. The van der Waals surface area contributed by atoms with Crippen LogP contribution < -0.4 is 0 Å². The van der Waals surface area contributed by atoms with E-state index in [1.165, 1.54) is 11.3 Å². The Balaban J connectivity index is 1.14. The summed E-state index contributed by atoms with van der Waals surface area (Å²) in [5, 5.41) is 7.77. The predicted octanol–water partition coefficient (Wildman–Crippen LogP) is 3.61. The number of amidine groups is 1. The van der Waals surface area contributed by atoms with E-state index >= 15 is 0 Å². The van der Waals surface area contributed by atoms with E-state index in [-0.39, 0.29) is 17.7 Å². The van der Waals surface area contributed by atoms with Crippen LogP contribution in [0, 0.1) is 5.92 Å². The second kappa shape index (κ2) is 9.39. The molecule has 0 N–H and O–H groups in total. The van der Waals surface area contributed by atoms with Crippen molar-refractivity contribution in [3.63, 3.8) is 0 Å². The van der Waals surface area contributed by atoms with Gasteiger partial charge in [0.15, 0.2) is 10.5 Å². The molecule has 2 amide bonds. The predicted molar refractivity (Wildman–Crippen MR) is 149 cm³/mol. The van der Waals surface area contributed by atoms with E-state index in [0.29, 0.717) is 50.1 Å². The van der Waals surface area contributed by atoms with Gasteiger partial charge in [-0.25, -0.2) is 9.98 Å². The van der Waals surface area contributed by atoms with E-state index in [2.05, 4.69) is 40.4 Å². The summed E-state index contributed by atoms with van der Waals surface area (Å²) in [7, 11) is 1.94. The molecule has 4 aromatic rings. The van der Waals surface area contributed by atoms with Gasteiger partial charge in [-0.1, -0.05) is 30.3 Å². The second-order valence-corrected chi connectivity index (χ2v) is 11.4. The first kappa shape index (κ1) is 24.2. The zero-order valence-corrected chi connectivity index (χ0v) is 22.4. The summed E-state index contributed by atoms with van der Waals surface area (Å²) in [5.74, 6) is 0.844. The van der Waals surface area contributed by atoms with Crippen molar-refractivity contribution in [1.29, 1.82) is 0 Å². The first-order chi connectivity index (χ1) is 19.0. The van der Waals surface area contributed by atoms with Crippen LogP contribution in [-0.2, 0) is 16.6 Å². The molecule has 0 aliphatic carbocycles. The highest BCUT2D eigenvalue weighted by Gasteiger charge is 2.51. The Bertz CT molecular complexity index is 1590. The third-order valence-electron chi connectivity index (χ3n) is 8.07. The number of aromatic nitrogens is 3. The van der Waals surface area contributed by atoms with Gasteiger partial charge in [0, 0.05) is 62.2 Å². The molecule has 2 fully saturated rings. The number of benzene rings is 2. The first-order valence-corrected chi connectivity index (χ1v) is 14.1. The fourth-order valence-corrected chi connectivity index (χ4v) is 6.50. The Labute approximate surface area is 229 Å². The molecule has 2 aromatic carbocycles. The van der Waals surface area contributed by atoms with E-state index in [1.807, 2.05) is 45.2 Å². The minimum atomic E-state index is -0.839. The normalized spacial score (nSPS) is 22.9. The van der Waals surface area contributed by atoms with Crippen LogP contribution in [0.2, 0.25) is 0 Å². The van der Waals surface area contributed by atoms with Crippen molar-refractivity contribution in [1.82, 2.24) is 24.6 Å². The van der Waals surface area contributed by atoms with Gasteiger partial charge < -0.3 is 9.64 Å². The largest absolute Gasteiger partial charge is 0.378 e. The molecule has 2 saturated heterocycles. The molecule has 39 heavy (non-hydrogen) atoms. The Kier molecular flexibility index (Phi) is 5.82. The summed E-state index contributed by atoms with van der Waals surface area (Å²) in [6.45, 7) is 2.65. The van der Waals surface area contributed by atoms with Gasteiger partial charge in [-0.3, -0.25) is 19.2 Å². The van der Waals surface area contributed by atoms with Crippen LogP contribution >= 0.6 is 11.3 Å². The van der Waals surface area contributed by atoms with E-state index in [0.717, 1.165) is 34.0 Å². The highest BCUT2D eigenvalue weighted by molar-refractivity contribution is 7.11. The lowest BCUT2D eigenvalue weighted by atomic mass is 9.98. The minimum Gasteiger partial charge on any atom is -0.378 e. The quantitative estimate of drug-likeness (QED) is 0.386. The molecule has 1 unspecified atom stereocenters. The van der Waals surface area contributed by atoms with Crippen molar-refractivity contribution in [2.24, 2.45) is 18.0 Å². The molecule has 9 nitrogen and oxygen atoms in total. The van der Waals surface area contributed by atoms with Gasteiger partial charge in [0.2, 0.25) is 0 Å². The molecule has 7 rings (SSSR count). The van der Waals surface area contributed by atoms with Crippen molar-refractivity contribution in [2.75, 3.05) is 32.8 Å². The van der Waals surface area contributed by atoms with Gasteiger partial charge in [-0.2, -0.15) is 5.10 Å². The van der Waals surface area contributed by atoms with E-state index in [1.54, 1.807) is 6.20 Å². The molecule has 3 aliphatic heterocycles. The maximum Gasteiger partial charge on any atom is 0.282 e. The van der Waals surface area contributed by atoms with Crippen LogP contribution in [0.4, 0.5) is 0 Å². The molecule has 2 aromatic heterocycles. The average Bonchev–Trinajstić information content (AvgIpc) is 3.80. The number of aryl methyl sites for hydroxylation is 1. The van der Waals surface area contributed by atoms with Crippen molar-refractivity contribution in [3.8, 4) is 11.1 Å². The standard InChI is InChI=1S/C29H28N6O3S/c1-33-24-7-6-22(14-23(24)15-31-33)20-2-4-21(5-3-20)25-32-29(9-12-38-18-29)28(37)35(25)17-19-8-11-34(16-19)27(36)26-30-10-13-39-26/h2-7,10,13-15,19H,8-9,11-12,16-18H2,1H3/t19-,29?/m1/s1. The number of likely N-dealkylation sites (tertiary alicyclic amines) is 1. The Morgan fingerprint density at radius 3 is 2.74 bits per heavy atom. The SMILES string of the molecule is Cn1ncc2cc(-c3ccc(C4=NC5(CCOC5)C(=O)N4C[C@@H]4CCN(C(=O)c5nccs5)C4)cc3)ccc21. The number of thiazole rings is 1. The third-order valence-corrected chi connectivity index (χ3v) is 8.83. The number of amides is 2. The number of carbonyl (C=O) groups is 2. The number of hydrogen-bond donors (Lipinski definition) is 0. The lowest BCUT2D eigenvalue weighted by Crippen LogP contribution is -2.45. The third kappa shape index (κ3) is 4.15. The topological polar surface area (TPSA) is 92.9 Å². The van der Waals surface area contributed by atoms with Crippen LogP contribution in [0.3, 0.4) is 0 Å². The smallest absolute Gasteiger partial charge is 0.282 e. The van der Waals surface area contributed by atoms with Crippen LogP contribution in [0.25, 0.3) is 22.0 Å². The van der Waals surface area contributed by atoms with Gasteiger partial charge in [0.1, 0.15) is 5.84 Å². The van der Waals surface area contributed by atoms with Gasteiger partial charge in [-0.05, 0) is 35.6 Å². The van der Waals surface area contributed by atoms with Crippen molar-refractivity contribution in [2.45, 2.75) is 18.4 Å². The fourth-order valence-electron chi connectivity index (χ4n) is 5.90. The molecule has 0 bridgehead atoms. The van der Waals surface area contributed by atoms with E-state index in [9.17, 15) is 9.59 Å². The number of rotatable bonds is 5. The van der Waals surface area contributed by atoms with Gasteiger partial charge in [0.25, 0.3) is 11.8 Å². The monoisotopic (exact) mass is 540 g/mol. The van der Waals surface area contributed by atoms with E-state index in [4.69, 9.17) is 9.73 Å². The van der Waals surface area contributed by atoms with Gasteiger partial charge >= 0.3 is 0 Å². The maximum atomic E-state index is 13.8. The van der Waals surface area contributed by atoms with Crippen LogP contribution in [0.15, 0.2) is 65.2 Å². The molecular formula is C29H28N6O3S. The summed E-state index contributed by atoms with van der Waals surface area (Å²) < 4.78 is 7.51. The number of fused-ring (bicyclic) bond motifs is 1. The fraction of sp³-hybridized carbons (Fsp3) is 0.345. The zero-order valence-electron chi connectivity index (χ0n) is 21.6. The summed E-state index contributed by atoms with van der Waals surface area (Å²) in [6, 6.07) is 14.6. The van der Waals surface area contributed by atoms with Crippen LogP contribution in [0.5, 0.6) is 0 Å². The summed E-state index contributed by atoms with van der Waals surface area (Å²) >= 11 is 1.36. The maximum absolute atomic E-state index is 13.8.